The van der Waals surface area contributed by atoms with Gasteiger partial charge in [0.05, 0.1) is 6.04 Å². The molecular weight excluding hydrogens is 284 g/mol. The lowest BCUT2D eigenvalue weighted by atomic mass is 9.91. The molecule has 1 amide bonds. The van der Waals surface area contributed by atoms with Crippen LogP contribution in [0.4, 0.5) is 0 Å². The Morgan fingerprint density at radius 2 is 2.11 bits per heavy atom. The fraction of sp³-hybridized carbons (Fsp3) is 0.923. The number of nitrogens with two attached hydrogens (primary N) is 1. The van der Waals surface area contributed by atoms with Gasteiger partial charge in [0, 0.05) is 19.3 Å². The molecule has 1 fully saturated rings. The second-order valence-corrected chi connectivity index (χ2v) is 6.26. The lowest BCUT2D eigenvalue weighted by Crippen LogP contribution is -2.49. The van der Waals surface area contributed by atoms with E-state index >= 15 is 0 Å². The van der Waals surface area contributed by atoms with E-state index < -0.39 is 0 Å². The maximum absolute atomic E-state index is 12.0. The van der Waals surface area contributed by atoms with Crippen LogP contribution in [0.2, 0.25) is 0 Å². The van der Waals surface area contributed by atoms with Crippen LogP contribution < -0.4 is 11.1 Å². The Hall–Kier alpha value is 0.0300. The van der Waals surface area contributed by atoms with Gasteiger partial charge in [-0.05, 0) is 43.6 Å². The van der Waals surface area contributed by atoms with E-state index in [9.17, 15) is 4.79 Å². The molecule has 3 N–H and O–H groups in total. The molecule has 0 spiro atoms. The topological polar surface area (TPSA) is 64.4 Å². The van der Waals surface area contributed by atoms with Gasteiger partial charge >= 0.3 is 0 Å². The van der Waals surface area contributed by atoms with E-state index in [0.717, 1.165) is 44.0 Å². The molecule has 0 aromatic rings. The van der Waals surface area contributed by atoms with Gasteiger partial charge in [-0.2, -0.15) is 11.8 Å². The monoisotopic (exact) mass is 310 g/mol. The molecule has 1 rings (SSSR count). The van der Waals surface area contributed by atoms with E-state index in [0.29, 0.717) is 0 Å². The largest absolute Gasteiger partial charge is 0.381 e. The minimum absolute atomic E-state index is 0. The van der Waals surface area contributed by atoms with Crippen LogP contribution in [0.5, 0.6) is 0 Å². The van der Waals surface area contributed by atoms with Crippen LogP contribution in [0.25, 0.3) is 0 Å². The van der Waals surface area contributed by atoms with Gasteiger partial charge < -0.3 is 15.8 Å². The Kier molecular flexibility index (Phi) is 10.8. The SMILES string of the molecule is CCSCCC(C)NC(=O)C(N)C1CCOCC1.Cl. The molecule has 0 radical (unpaired) electrons. The Balaban J connectivity index is 0.00000324. The van der Waals surface area contributed by atoms with Crippen LogP contribution in [-0.4, -0.2) is 42.7 Å². The van der Waals surface area contributed by atoms with E-state index in [1.807, 2.05) is 18.7 Å². The van der Waals surface area contributed by atoms with E-state index in [1.165, 1.54) is 0 Å². The molecule has 1 aliphatic rings. The van der Waals surface area contributed by atoms with Gasteiger partial charge in [-0.3, -0.25) is 4.79 Å². The summed E-state index contributed by atoms with van der Waals surface area (Å²) in [5, 5.41) is 3.02. The number of nitrogens with one attached hydrogen (secondary N) is 1. The van der Waals surface area contributed by atoms with Crippen molar-refractivity contribution in [3.63, 3.8) is 0 Å². The quantitative estimate of drug-likeness (QED) is 0.704. The van der Waals surface area contributed by atoms with E-state index in [4.69, 9.17) is 10.5 Å². The van der Waals surface area contributed by atoms with Crippen molar-refractivity contribution in [2.75, 3.05) is 24.7 Å². The molecule has 4 nitrogen and oxygen atoms in total. The molecule has 0 aromatic carbocycles. The highest BCUT2D eigenvalue weighted by Gasteiger charge is 2.26. The van der Waals surface area contributed by atoms with Gasteiger partial charge in [0.15, 0.2) is 0 Å². The van der Waals surface area contributed by atoms with Crippen molar-refractivity contribution in [2.45, 2.75) is 45.2 Å². The molecular formula is C13H27ClN2O2S. The smallest absolute Gasteiger partial charge is 0.237 e. The highest BCUT2D eigenvalue weighted by atomic mass is 35.5. The first kappa shape index (κ1) is 19.0. The van der Waals surface area contributed by atoms with Crippen molar-refractivity contribution in [1.82, 2.24) is 5.32 Å². The lowest BCUT2D eigenvalue weighted by molar-refractivity contribution is -0.124. The minimum atomic E-state index is -0.379. The van der Waals surface area contributed by atoms with Crippen molar-refractivity contribution in [1.29, 1.82) is 0 Å². The zero-order valence-corrected chi connectivity index (χ0v) is 13.5. The molecule has 19 heavy (non-hydrogen) atoms. The molecule has 1 saturated heterocycles. The van der Waals surface area contributed by atoms with Crippen molar-refractivity contribution in [3.8, 4) is 0 Å². The number of thioether (sulfide) groups is 1. The Morgan fingerprint density at radius 3 is 2.68 bits per heavy atom. The molecule has 1 heterocycles. The van der Waals surface area contributed by atoms with Gasteiger partial charge in [-0.1, -0.05) is 6.92 Å². The molecule has 6 heteroatoms. The van der Waals surface area contributed by atoms with Gasteiger partial charge in [-0.15, -0.1) is 12.4 Å². The molecule has 0 aliphatic carbocycles. The van der Waals surface area contributed by atoms with Crippen LogP contribution >= 0.6 is 24.2 Å². The fourth-order valence-corrected chi connectivity index (χ4v) is 2.91. The summed E-state index contributed by atoms with van der Waals surface area (Å²) < 4.78 is 5.29. The average molecular weight is 311 g/mol. The van der Waals surface area contributed by atoms with Crippen LogP contribution in [0.1, 0.15) is 33.1 Å². The summed E-state index contributed by atoms with van der Waals surface area (Å²) in [6, 6.07) is -0.169. The van der Waals surface area contributed by atoms with E-state index in [2.05, 4.69) is 12.2 Å². The number of carbonyl (C=O) groups is 1. The molecule has 0 saturated carbocycles. The summed E-state index contributed by atoms with van der Waals surface area (Å²) in [5.41, 5.74) is 6.02. The zero-order chi connectivity index (χ0) is 13.4. The highest BCUT2D eigenvalue weighted by Crippen LogP contribution is 2.17. The Labute approximate surface area is 127 Å². The van der Waals surface area contributed by atoms with Crippen molar-refractivity contribution in [3.05, 3.63) is 0 Å². The second kappa shape index (κ2) is 10.8. The summed E-state index contributed by atoms with van der Waals surface area (Å²) >= 11 is 1.90. The first-order valence-corrected chi connectivity index (χ1v) is 8.02. The molecule has 1 aliphatic heterocycles. The maximum atomic E-state index is 12.0. The minimum Gasteiger partial charge on any atom is -0.381 e. The fourth-order valence-electron chi connectivity index (χ4n) is 2.10. The van der Waals surface area contributed by atoms with Crippen molar-refractivity contribution < 1.29 is 9.53 Å². The predicted octanol–water partition coefficient (Wildman–Crippen LogP) is 1.81. The number of hydrogen-bond acceptors (Lipinski definition) is 4. The second-order valence-electron chi connectivity index (χ2n) is 4.87. The summed E-state index contributed by atoms with van der Waals surface area (Å²) in [7, 11) is 0. The summed E-state index contributed by atoms with van der Waals surface area (Å²) in [5.74, 6) is 2.49. The van der Waals surface area contributed by atoms with Crippen LogP contribution in [0.3, 0.4) is 0 Å². The number of amides is 1. The molecule has 2 unspecified atom stereocenters. The van der Waals surface area contributed by atoms with Crippen LogP contribution in [-0.2, 0) is 9.53 Å². The molecule has 114 valence electrons. The summed E-state index contributed by atoms with van der Waals surface area (Å²) in [6.07, 6.45) is 2.80. The Morgan fingerprint density at radius 1 is 1.47 bits per heavy atom. The number of rotatable bonds is 7. The van der Waals surface area contributed by atoms with Crippen molar-refractivity contribution >= 4 is 30.1 Å². The standard InChI is InChI=1S/C13H26N2O2S.ClH/c1-3-18-9-6-10(2)15-13(16)12(14)11-4-7-17-8-5-11;/h10-12H,3-9,14H2,1-2H3,(H,15,16);1H. The number of halogens is 1. The van der Waals surface area contributed by atoms with Crippen LogP contribution in [0.15, 0.2) is 0 Å². The molecule has 0 bridgehead atoms. The average Bonchev–Trinajstić information content (AvgIpc) is 2.39. The van der Waals surface area contributed by atoms with Crippen molar-refractivity contribution in [2.24, 2.45) is 11.7 Å². The molecule has 2 atom stereocenters. The summed E-state index contributed by atoms with van der Waals surface area (Å²) in [4.78, 5) is 12.0. The number of carbonyl (C=O) groups excluding carboxylic acids is 1. The third kappa shape index (κ3) is 7.40. The van der Waals surface area contributed by atoms with Gasteiger partial charge in [0.1, 0.15) is 0 Å². The third-order valence-corrected chi connectivity index (χ3v) is 4.30. The number of hydrogen-bond donors (Lipinski definition) is 2. The Bertz CT molecular complexity index is 251. The highest BCUT2D eigenvalue weighted by molar-refractivity contribution is 7.99. The number of ether oxygens (including phenoxy) is 1. The normalized spacial score (nSPS) is 19.3. The summed E-state index contributed by atoms with van der Waals surface area (Å²) in [6.45, 7) is 5.66. The lowest BCUT2D eigenvalue weighted by Gasteiger charge is -2.27. The zero-order valence-electron chi connectivity index (χ0n) is 11.9. The predicted molar refractivity (Wildman–Crippen MR) is 84.0 cm³/mol. The maximum Gasteiger partial charge on any atom is 0.237 e. The van der Waals surface area contributed by atoms with Crippen LogP contribution in [0, 0.1) is 5.92 Å². The van der Waals surface area contributed by atoms with E-state index in [-0.39, 0.29) is 36.3 Å². The van der Waals surface area contributed by atoms with E-state index in [1.54, 1.807) is 0 Å². The van der Waals surface area contributed by atoms with Gasteiger partial charge in [-0.25, -0.2) is 0 Å². The third-order valence-electron chi connectivity index (χ3n) is 3.36. The first-order valence-electron chi connectivity index (χ1n) is 6.86. The molecule has 0 aromatic heterocycles. The van der Waals surface area contributed by atoms with Gasteiger partial charge in [0.25, 0.3) is 0 Å². The first-order chi connectivity index (χ1) is 8.65. The van der Waals surface area contributed by atoms with Gasteiger partial charge in [0.2, 0.25) is 5.91 Å².